The Morgan fingerprint density at radius 3 is 2.00 bits per heavy atom. The maximum atomic E-state index is 7.75. The number of nitrogens with zero attached hydrogens (tertiary/aromatic N) is 1. The number of nitrogens with two attached hydrogens (primary N) is 1. The molecule has 4 heavy (non-hydrogen) atoms. The van der Waals surface area contributed by atoms with Crippen LogP contribution in [-0.4, -0.2) is 5.84 Å². The lowest BCUT2D eigenvalue weighted by atomic mass is 10.8. The summed E-state index contributed by atoms with van der Waals surface area (Å²) >= 11 is 0. The summed E-state index contributed by atoms with van der Waals surface area (Å²) in [7, 11) is 0. The van der Waals surface area contributed by atoms with Gasteiger partial charge in [-0.05, 0) is 6.92 Å². The van der Waals surface area contributed by atoms with E-state index in [9.17, 15) is 0 Å². The van der Waals surface area contributed by atoms with Gasteiger partial charge < -0.3 is 11.1 Å². The third kappa shape index (κ3) is 1.16. The maximum absolute atomic E-state index is 7.75. The largest absolute Gasteiger partial charge is 0.498 e. The molecule has 0 aliphatic carbocycles. The van der Waals surface area contributed by atoms with Crippen molar-refractivity contribution in [2.24, 2.45) is 5.73 Å². The van der Waals surface area contributed by atoms with Gasteiger partial charge in [-0.1, -0.05) is 5.84 Å². The zero-order valence-corrected chi connectivity index (χ0v) is 2.52. The normalized spacial score (nSPS) is 6.25. The van der Waals surface area contributed by atoms with Crippen LogP contribution >= 0.6 is 0 Å². The van der Waals surface area contributed by atoms with Crippen molar-refractivity contribution < 1.29 is 0 Å². The molecule has 0 saturated heterocycles. The molecule has 0 aromatic carbocycles. The second-order valence-electron chi connectivity index (χ2n) is 0.641. The van der Waals surface area contributed by atoms with Crippen molar-refractivity contribution in [3.05, 3.63) is 5.41 Å². The molecule has 0 aliphatic rings. The van der Waals surface area contributed by atoms with Crippen LogP contribution in [0.4, 0.5) is 0 Å². The predicted octanol–water partition coefficient (Wildman–Crippen LogP) is -0.0671. The molecule has 0 rings (SSSR count). The van der Waals surface area contributed by atoms with E-state index in [1.54, 1.807) is 0 Å². The Hall–Kier alpha value is -0.530. The lowest BCUT2D eigenvalue weighted by molar-refractivity contribution is 1.70. The van der Waals surface area contributed by atoms with Crippen LogP contribution in [0.2, 0.25) is 0 Å². The Bertz CT molecular complexity index is 27.0. The first-order chi connectivity index (χ1) is 1.73. The summed E-state index contributed by atoms with van der Waals surface area (Å²) in [4.78, 5) is 0. The molecule has 2 heteroatoms. The first-order valence-electron chi connectivity index (χ1n) is 1.01. The van der Waals surface area contributed by atoms with E-state index in [0.29, 0.717) is 0 Å². The van der Waals surface area contributed by atoms with E-state index in [2.05, 4.69) is 5.73 Å². The van der Waals surface area contributed by atoms with Crippen LogP contribution in [0.3, 0.4) is 0 Å². The molecule has 2 N–H and O–H groups in total. The topological polar surface area (TPSA) is 48.3 Å². The maximum Gasteiger partial charge on any atom is -0.0486 e. The molecule has 0 aromatic heterocycles. The lowest BCUT2D eigenvalue weighted by Crippen LogP contribution is -1.99. The van der Waals surface area contributed by atoms with Crippen LogP contribution in [-0.2, 0) is 0 Å². The van der Waals surface area contributed by atoms with Crippen molar-refractivity contribution in [3.8, 4) is 0 Å². The van der Waals surface area contributed by atoms with Crippen molar-refractivity contribution in [1.29, 1.82) is 0 Å². The molecule has 0 saturated carbocycles. The highest BCUT2D eigenvalue weighted by Crippen LogP contribution is 1.39. The van der Waals surface area contributed by atoms with Gasteiger partial charge in [0.1, 0.15) is 0 Å². The number of rotatable bonds is 0. The monoisotopic (exact) mass is 57.0 g/mol. The Morgan fingerprint density at radius 2 is 2.00 bits per heavy atom. The third-order valence-electron chi connectivity index (χ3n) is 0. The third-order valence-corrected chi connectivity index (χ3v) is 0. The van der Waals surface area contributed by atoms with Gasteiger partial charge in [0.05, 0.1) is 0 Å². The summed E-state index contributed by atoms with van der Waals surface area (Å²) in [5, 5.41) is 7.75. The van der Waals surface area contributed by atoms with E-state index >= 15 is 0 Å². The first-order valence-corrected chi connectivity index (χ1v) is 1.01. The lowest BCUT2D eigenvalue weighted by Gasteiger charge is -1.81. The fourth-order valence-corrected chi connectivity index (χ4v) is 0. The smallest absolute Gasteiger partial charge is 0.0486 e. The molecule has 2 nitrogen and oxygen atoms in total. The molecule has 0 unspecified atom stereocenters. The fourth-order valence-electron chi connectivity index (χ4n) is 0. The standard InChI is InChI=1S/C2H5N2/c1-2(3)4/h1H3,(H2-,3,4)/q-1. The van der Waals surface area contributed by atoms with Gasteiger partial charge >= 0.3 is 0 Å². The number of hydrogen-bond acceptors (Lipinski definition) is 0. The van der Waals surface area contributed by atoms with Crippen molar-refractivity contribution in [3.63, 3.8) is 0 Å². The van der Waals surface area contributed by atoms with E-state index in [0.717, 1.165) is 0 Å². The molecule has 0 heterocycles. The van der Waals surface area contributed by atoms with E-state index in [-0.39, 0.29) is 5.84 Å². The molecular formula is C2H5N2-. The van der Waals surface area contributed by atoms with E-state index in [1.165, 1.54) is 6.92 Å². The van der Waals surface area contributed by atoms with Crippen molar-refractivity contribution in [1.82, 2.24) is 0 Å². The minimum atomic E-state index is -0.0833. The highest BCUT2D eigenvalue weighted by atomic mass is 14.7. The summed E-state index contributed by atoms with van der Waals surface area (Å²) in [6.45, 7) is 1.42. The number of amidine groups is 1. The summed E-state index contributed by atoms with van der Waals surface area (Å²) in [6, 6.07) is 0. The Morgan fingerprint density at radius 1 is 2.00 bits per heavy atom. The zero-order chi connectivity index (χ0) is 3.58. The molecule has 0 aromatic rings. The predicted molar refractivity (Wildman–Crippen MR) is 18.2 cm³/mol. The summed E-state index contributed by atoms with van der Waals surface area (Å²) in [5.74, 6) is -0.0833. The minimum absolute atomic E-state index is 0.0833. The molecule has 0 aliphatic heterocycles. The van der Waals surface area contributed by atoms with Crippen LogP contribution in [0.5, 0.6) is 0 Å². The molecule has 24 valence electrons. The molecule has 0 amide bonds. The SMILES string of the molecule is CC(=[N-])N. The summed E-state index contributed by atoms with van der Waals surface area (Å²) in [6.07, 6.45) is 0. The van der Waals surface area contributed by atoms with Crippen LogP contribution in [0.25, 0.3) is 5.41 Å². The van der Waals surface area contributed by atoms with Gasteiger partial charge in [0, 0.05) is 0 Å². The molecule has 0 fully saturated rings. The van der Waals surface area contributed by atoms with Crippen LogP contribution in [0.15, 0.2) is 0 Å². The van der Waals surface area contributed by atoms with Gasteiger partial charge in [-0.25, -0.2) is 0 Å². The fraction of sp³-hybridized carbons (Fsp3) is 0.500. The second kappa shape index (κ2) is 0.875. The average molecular weight is 57.1 g/mol. The van der Waals surface area contributed by atoms with Crippen LogP contribution in [0, 0.1) is 0 Å². The van der Waals surface area contributed by atoms with E-state index < -0.39 is 0 Å². The Kier molecular flexibility index (Phi) is 0.759. The van der Waals surface area contributed by atoms with Gasteiger partial charge in [-0.3, -0.25) is 0 Å². The second-order valence-corrected chi connectivity index (χ2v) is 0.641. The van der Waals surface area contributed by atoms with Crippen molar-refractivity contribution in [2.45, 2.75) is 6.92 Å². The first kappa shape index (κ1) is 3.47. The molecule has 0 radical (unpaired) electrons. The van der Waals surface area contributed by atoms with Crippen LogP contribution in [0.1, 0.15) is 6.92 Å². The van der Waals surface area contributed by atoms with E-state index in [1.807, 2.05) is 0 Å². The van der Waals surface area contributed by atoms with Gasteiger partial charge in [-0.15, -0.1) is 0 Å². The minimum Gasteiger partial charge on any atom is -0.498 e. The molecule has 0 bridgehead atoms. The van der Waals surface area contributed by atoms with Crippen molar-refractivity contribution >= 4 is 5.84 Å². The zero-order valence-electron chi connectivity index (χ0n) is 2.52. The van der Waals surface area contributed by atoms with Crippen molar-refractivity contribution in [2.75, 3.05) is 0 Å². The molecular weight excluding hydrogens is 52.0 g/mol. The van der Waals surface area contributed by atoms with Gasteiger partial charge in [0.2, 0.25) is 0 Å². The Labute approximate surface area is 25.1 Å². The molecule has 0 atom stereocenters. The van der Waals surface area contributed by atoms with Gasteiger partial charge in [0.15, 0.2) is 0 Å². The molecule has 0 spiro atoms. The quantitative estimate of drug-likeness (QED) is 0.307. The average Bonchev–Trinajstić information content (AvgIpc) is 0.811. The highest BCUT2D eigenvalue weighted by molar-refractivity contribution is 5.80. The summed E-state index contributed by atoms with van der Waals surface area (Å²) < 4.78 is 0. The summed E-state index contributed by atoms with van der Waals surface area (Å²) in [5.41, 5.74) is 4.58. The highest BCUT2D eigenvalue weighted by Gasteiger charge is 1.39. The van der Waals surface area contributed by atoms with Crippen LogP contribution < -0.4 is 5.73 Å². The van der Waals surface area contributed by atoms with Gasteiger partial charge in [-0.2, -0.15) is 0 Å². The van der Waals surface area contributed by atoms with Gasteiger partial charge in [0.25, 0.3) is 0 Å². The Balaban J connectivity index is 2.80. The number of hydrogen-bond donors (Lipinski definition) is 1. The van der Waals surface area contributed by atoms with E-state index in [4.69, 9.17) is 5.41 Å².